The van der Waals surface area contributed by atoms with Gasteiger partial charge >= 0.3 is 0 Å². The standard InChI is InChI=1S/C29H27N3O2S/c33-29(31-34)28-14-13-27(35-28)25-11-6-9-22(15-25)19-32(18-21-7-2-1-3-8-21)20-23-16-24-10-4-5-12-26(24)30-17-23/h1-12,14-17,27,34H,13,18-20H2,(H,31,33). The number of aromatic nitrogens is 1. The second kappa shape index (κ2) is 10.9. The summed E-state index contributed by atoms with van der Waals surface area (Å²) < 4.78 is 0. The Balaban J connectivity index is 1.35. The summed E-state index contributed by atoms with van der Waals surface area (Å²) in [6.07, 6.45) is 4.64. The van der Waals surface area contributed by atoms with Crippen molar-refractivity contribution in [2.45, 2.75) is 31.3 Å². The fourth-order valence-electron chi connectivity index (χ4n) is 4.49. The van der Waals surface area contributed by atoms with Gasteiger partial charge in [0.05, 0.1) is 10.4 Å². The highest BCUT2D eigenvalue weighted by Gasteiger charge is 2.24. The lowest BCUT2D eigenvalue weighted by Gasteiger charge is -2.23. The molecule has 5 rings (SSSR count). The van der Waals surface area contributed by atoms with Gasteiger partial charge in [-0.05, 0) is 40.8 Å². The van der Waals surface area contributed by atoms with Crippen LogP contribution >= 0.6 is 11.8 Å². The van der Waals surface area contributed by atoms with Crippen molar-refractivity contribution in [2.75, 3.05) is 0 Å². The van der Waals surface area contributed by atoms with Crippen molar-refractivity contribution in [3.8, 4) is 0 Å². The molecule has 5 nitrogen and oxygen atoms in total. The minimum absolute atomic E-state index is 0.175. The highest BCUT2D eigenvalue weighted by atomic mass is 32.2. The van der Waals surface area contributed by atoms with Crippen molar-refractivity contribution in [3.63, 3.8) is 0 Å². The molecule has 0 saturated carbocycles. The zero-order valence-corrected chi connectivity index (χ0v) is 20.1. The molecule has 0 spiro atoms. The molecule has 3 aromatic carbocycles. The van der Waals surface area contributed by atoms with E-state index in [0.717, 1.165) is 37.0 Å². The average Bonchev–Trinajstić information content (AvgIpc) is 3.39. The summed E-state index contributed by atoms with van der Waals surface area (Å²) >= 11 is 1.50. The number of carbonyl (C=O) groups excluding carboxylic acids is 1. The van der Waals surface area contributed by atoms with Gasteiger partial charge in [0, 0.05) is 36.5 Å². The number of para-hydroxylation sites is 1. The SMILES string of the molecule is O=C(NO)C1=CCC(c2cccc(CN(Cc3ccccc3)Cc3cnc4ccccc4c3)c2)S1. The highest BCUT2D eigenvalue weighted by molar-refractivity contribution is 8.04. The van der Waals surface area contributed by atoms with Gasteiger partial charge in [0.2, 0.25) is 0 Å². The van der Waals surface area contributed by atoms with Gasteiger partial charge in [-0.15, -0.1) is 11.8 Å². The molecule has 6 heteroatoms. The maximum absolute atomic E-state index is 11.8. The fourth-order valence-corrected chi connectivity index (χ4v) is 5.62. The maximum atomic E-state index is 11.8. The molecule has 1 amide bonds. The van der Waals surface area contributed by atoms with Gasteiger partial charge in [-0.2, -0.15) is 0 Å². The molecule has 1 unspecified atom stereocenters. The predicted molar refractivity (Wildman–Crippen MR) is 141 cm³/mol. The minimum Gasteiger partial charge on any atom is -0.291 e. The third kappa shape index (κ3) is 5.80. The van der Waals surface area contributed by atoms with E-state index >= 15 is 0 Å². The second-order valence-electron chi connectivity index (χ2n) is 8.76. The lowest BCUT2D eigenvalue weighted by atomic mass is 10.0. The number of pyridine rings is 1. The van der Waals surface area contributed by atoms with Crippen LogP contribution in [0, 0.1) is 0 Å². The maximum Gasteiger partial charge on any atom is 0.280 e. The molecule has 176 valence electrons. The minimum atomic E-state index is -0.438. The molecular formula is C29H27N3O2S. The third-order valence-electron chi connectivity index (χ3n) is 6.14. The van der Waals surface area contributed by atoms with Crippen LogP contribution in [0.5, 0.6) is 0 Å². The van der Waals surface area contributed by atoms with E-state index in [4.69, 9.17) is 5.21 Å². The van der Waals surface area contributed by atoms with Crippen LogP contribution in [0.1, 0.15) is 33.9 Å². The van der Waals surface area contributed by atoms with Crippen LogP contribution < -0.4 is 5.48 Å². The average molecular weight is 482 g/mol. The molecule has 4 aromatic rings. The molecular weight excluding hydrogens is 454 g/mol. The summed E-state index contributed by atoms with van der Waals surface area (Å²) in [5.41, 5.74) is 7.62. The lowest BCUT2D eigenvalue weighted by Crippen LogP contribution is -2.22. The van der Waals surface area contributed by atoms with E-state index in [9.17, 15) is 4.79 Å². The molecule has 0 saturated heterocycles. The Labute approximate surface area is 209 Å². The first-order valence-electron chi connectivity index (χ1n) is 11.7. The summed E-state index contributed by atoms with van der Waals surface area (Å²) in [6, 6.07) is 29.6. The van der Waals surface area contributed by atoms with Gasteiger partial charge in [-0.3, -0.25) is 19.9 Å². The Hall–Kier alpha value is -3.45. The first-order valence-corrected chi connectivity index (χ1v) is 12.6. The van der Waals surface area contributed by atoms with E-state index in [0.29, 0.717) is 4.91 Å². The van der Waals surface area contributed by atoms with Gasteiger partial charge in [-0.25, -0.2) is 5.48 Å². The van der Waals surface area contributed by atoms with Crippen LogP contribution in [0.15, 0.2) is 102 Å². The monoisotopic (exact) mass is 481 g/mol. The number of nitrogens with zero attached hydrogens (tertiary/aromatic N) is 2. The van der Waals surface area contributed by atoms with Crippen LogP contribution in [-0.2, 0) is 24.4 Å². The van der Waals surface area contributed by atoms with Gasteiger partial charge in [0.15, 0.2) is 0 Å². The van der Waals surface area contributed by atoms with E-state index in [1.807, 2.05) is 36.5 Å². The number of hydrogen-bond acceptors (Lipinski definition) is 5. The Morgan fingerprint density at radius 2 is 1.66 bits per heavy atom. The van der Waals surface area contributed by atoms with E-state index < -0.39 is 5.91 Å². The molecule has 0 radical (unpaired) electrons. The van der Waals surface area contributed by atoms with Gasteiger partial charge in [-0.1, -0.05) is 78.9 Å². The van der Waals surface area contributed by atoms with Gasteiger partial charge < -0.3 is 0 Å². The summed E-state index contributed by atoms with van der Waals surface area (Å²) in [7, 11) is 0. The van der Waals surface area contributed by atoms with Crippen LogP contribution in [-0.4, -0.2) is 21.0 Å². The number of thioether (sulfide) groups is 1. The first kappa shape index (κ1) is 23.3. The molecule has 1 aliphatic rings. The van der Waals surface area contributed by atoms with E-state index in [-0.39, 0.29) is 5.25 Å². The lowest BCUT2D eigenvalue weighted by molar-refractivity contribution is -0.124. The molecule has 2 N–H and O–H groups in total. The molecule has 35 heavy (non-hydrogen) atoms. The predicted octanol–water partition coefficient (Wildman–Crippen LogP) is 6.00. The van der Waals surface area contributed by atoms with Gasteiger partial charge in [0.25, 0.3) is 5.91 Å². The van der Waals surface area contributed by atoms with E-state index in [1.165, 1.54) is 34.0 Å². The normalized spacial score (nSPS) is 15.4. The third-order valence-corrected chi connectivity index (χ3v) is 7.50. The molecule has 0 fully saturated rings. The number of hydroxylamine groups is 1. The van der Waals surface area contributed by atoms with Crippen molar-refractivity contribution in [2.24, 2.45) is 0 Å². The summed E-state index contributed by atoms with van der Waals surface area (Å²) in [4.78, 5) is 19.4. The van der Waals surface area contributed by atoms with Crippen molar-refractivity contribution < 1.29 is 10.0 Å². The van der Waals surface area contributed by atoms with Crippen LogP contribution in [0.4, 0.5) is 0 Å². The first-order chi connectivity index (χ1) is 17.2. The van der Waals surface area contributed by atoms with E-state index in [1.54, 1.807) is 5.48 Å². The number of nitrogens with one attached hydrogen (secondary N) is 1. The molecule has 1 aromatic heterocycles. The number of carbonyl (C=O) groups is 1. The summed E-state index contributed by atoms with van der Waals surface area (Å²) in [5.74, 6) is -0.438. The number of hydrogen-bond donors (Lipinski definition) is 2. The zero-order valence-electron chi connectivity index (χ0n) is 19.3. The van der Waals surface area contributed by atoms with Crippen LogP contribution in [0.2, 0.25) is 0 Å². The quantitative estimate of drug-likeness (QED) is 0.239. The number of benzene rings is 3. The summed E-state index contributed by atoms with van der Waals surface area (Å²) in [5, 5.41) is 10.3. The molecule has 1 aliphatic heterocycles. The molecule has 1 atom stereocenters. The van der Waals surface area contributed by atoms with Crippen molar-refractivity contribution >= 4 is 28.6 Å². The van der Waals surface area contributed by atoms with Crippen LogP contribution in [0.25, 0.3) is 10.9 Å². The molecule has 0 bridgehead atoms. The van der Waals surface area contributed by atoms with Crippen molar-refractivity contribution in [1.82, 2.24) is 15.4 Å². The Kier molecular flexibility index (Phi) is 7.23. The largest absolute Gasteiger partial charge is 0.291 e. The highest BCUT2D eigenvalue weighted by Crippen LogP contribution is 2.43. The smallest absolute Gasteiger partial charge is 0.280 e. The summed E-state index contributed by atoms with van der Waals surface area (Å²) in [6.45, 7) is 2.42. The van der Waals surface area contributed by atoms with Crippen molar-refractivity contribution in [1.29, 1.82) is 0 Å². The Morgan fingerprint density at radius 1 is 0.914 bits per heavy atom. The topological polar surface area (TPSA) is 65.5 Å². The molecule has 2 heterocycles. The second-order valence-corrected chi connectivity index (χ2v) is 10.0. The van der Waals surface area contributed by atoms with Gasteiger partial charge in [0.1, 0.15) is 0 Å². The number of allylic oxidation sites excluding steroid dienone is 1. The number of rotatable bonds is 8. The van der Waals surface area contributed by atoms with Crippen molar-refractivity contribution in [3.05, 3.63) is 124 Å². The van der Waals surface area contributed by atoms with E-state index in [2.05, 4.69) is 70.5 Å². The molecule has 0 aliphatic carbocycles. The zero-order chi connectivity index (χ0) is 24.0. The Morgan fingerprint density at radius 3 is 2.51 bits per heavy atom. The number of fused-ring (bicyclic) bond motifs is 1. The fraction of sp³-hybridized carbons (Fsp3) is 0.172. The van der Waals surface area contributed by atoms with Crippen LogP contribution in [0.3, 0.4) is 0 Å². The number of amides is 1. The Bertz CT molecular complexity index is 1360.